The number of likely N-dealkylation sites (N-methyl/N-ethyl adjacent to an activating group) is 2. The number of nitrogens with one attached hydrogen (secondary N) is 1. The summed E-state index contributed by atoms with van der Waals surface area (Å²) in [6.07, 6.45) is 1.08. The third-order valence-corrected chi connectivity index (χ3v) is 4.84. The molecule has 18 heavy (non-hydrogen) atoms. The van der Waals surface area contributed by atoms with E-state index in [0.29, 0.717) is 6.04 Å². The number of piperazine rings is 1. The van der Waals surface area contributed by atoms with E-state index in [9.17, 15) is 0 Å². The Balaban J connectivity index is 2.01. The lowest BCUT2D eigenvalue weighted by atomic mass is 10.1. The number of hydrogen-bond donors (Lipinski definition) is 1. The maximum absolute atomic E-state index is 4.72. The van der Waals surface area contributed by atoms with Crippen LogP contribution >= 0.6 is 11.3 Å². The van der Waals surface area contributed by atoms with Gasteiger partial charge in [-0.2, -0.15) is 0 Å². The van der Waals surface area contributed by atoms with Crippen molar-refractivity contribution in [3.8, 4) is 0 Å². The second-order valence-corrected chi connectivity index (χ2v) is 6.42. The molecule has 1 saturated heterocycles. The lowest BCUT2D eigenvalue weighted by Gasteiger charge is -2.37. The predicted molar refractivity (Wildman–Crippen MR) is 77.2 cm³/mol. The highest BCUT2D eigenvalue weighted by Crippen LogP contribution is 2.21. The van der Waals surface area contributed by atoms with Gasteiger partial charge in [-0.3, -0.25) is 0 Å². The van der Waals surface area contributed by atoms with Crippen LogP contribution in [0.2, 0.25) is 0 Å². The topological polar surface area (TPSA) is 31.4 Å². The van der Waals surface area contributed by atoms with Gasteiger partial charge in [0.05, 0.1) is 10.7 Å². The summed E-state index contributed by atoms with van der Waals surface area (Å²) in [5.41, 5.74) is 1.19. The zero-order valence-corrected chi connectivity index (χ0v) is 12.7. The van der Waals surface area contributed by atoms with Gasteiger partial charge >= 0.3 is 0 Å². The molecular weight excluding hydrogens is 244 g/mol. The molecule has 1 unspecified atom stereocenters. The first-order valence-electron chi connectivity index (χ1n) is 6.58. The molecule has 2 rings (SSSR count). The van der Waals surface area contributed by atoms with Crippen molar-refractivity contribution in [2.45, 2.75) is 25.9 Å². The Morgan fingerprint density at radius 1 is 1.39 bits per heavy atom. The summed E-state index contributed by atoms with van der Waals surface area (Å²) < 4.78 is 0. The summed E-state index contributed by atoms with van der Waals surface area (Å²) in [6.45, 7) is 6.54. The molecule has 0 aliphatic carbocycles. The Morgan fingerprint density at radius 2 is 2.17 bits per heavy atom. The van der Waals surface area contributed by atoms with Gasteiger partial charge in [0, 0.05) is 43.5 Å². The van der Waals surface area contributed by atoms with Crippen molar-refractivity contribution in [2.75, 3.05) is 40.8 Å². The minimum absolute atomic E-state index is 0.608. The highest BCUT2D eigenvalue weighted by Gasteiger charge is 2.23. The number of nitrogens with zero attached hydrogens (tertiary/aromatic N) is 3. The van der Waals surface area contributed by atoms with Crippen LogP contribution in [0.5, 0.6) is 0 Å². The SMILES string of the molecule is CNCc1sc(CC2CN(C)CCN2C)nc1C. The summed E-state index contributed by atoms with van der Waals surface area (Å²) >= 11 is 1.86. The lowest BCUT2D eigenvalue weighted by Crippen LogP contribution is -2.50. The number of rotatable bonds is 4. The highest BCUT2D eigenvalue weighted by atomic mass is 32.1. The average Bonchev–Trinajstić information content (AvgIpc) is 2.65. The van der Waals surface area contributed by atoms with Crippen LogP contribution in [0.1, 0.15) is 15.6 Å². The molecule has 102 valence electrons. The molecule has 1 fully saturated rings. The first kappa shape index (κ1) is 13.9. The van der Waals surface area contributed by atoms with Gasteiger partial charge in [0.1, 0.15) is 0 Å². The van der Waals surface area contributed by atoms with E-state index in [2.05, 4.69) is 36.1 Å². The van der Waals surface area contributed by atoms with Crippen LogP contribution in [0.15, 0.2) is 0 Å². The number of thiazole rings is 1. The van der Waals surface area contributed by atoms with Gasteiger partial charge in [0.25, 0.3) is 0 Å². The monoisotopic (exact) mass is 268 g/mol. The average molecular weight is 268 g/mol. The maximum atomic E-state index is 4.72. The summed E-state index contributed by atoms with van der Waals surface area (Å²) in [4.78, 5) is 11.0. The fourth-order valence-corrected chi connectivity index (χ4v) is 3.58. The molecule has 1 aromatic heterocycles. The third kappa shape index (κ3) is 3.29. The second-order valence-electron chi connectivity index (χ2n) is 5.25. The molecule has 4 nitrogen and oxygen atoms in total. The largest absolute Gasteiger partial charge is 0.315 e. The van der Waals surface area contributed by atoms with Crippen molar-refractivity contribution < 1.29 is 0 Å². The predicted octanol–water partition coefficient (Wildman–Crippen LogP) is 0.959. The van der Waals surface area contributed by atoms with E-state index in [0.717, 1.165) is 26.1 Å². The first-order chi connectivity index (χ1) is 8.60. The lowest BCUT2D eigenvalue weighted by molar-refractivity contribution is 0.114. The maximum Gasteiger partial charge on any atom is 0.0947 e. The standard InChI is InChI=1S/C13H24N4S/c1-10-12(8-14-2)18-13(15-10)7-11-9-16(3)5-6-17(11)4/h11,14H,5-9H2,1-4H3. The zero-order valence-electron chi connectivity index (χ0n) is 11.9. The Bertz CT molecular complexity index is 390. The van der Waals surface area contributed by atoms with E-state index in [1.807, 2.05) is 18.4 Å². The molecule has 1 aromatic rings. The van der Waals surface area contributed by atoms with Crippen molar-refractivity contribution in [3.05, 3.63) is 15.6 Å². The van der Waals surface area contributed by atoms with E-state index in [1.54, 1.807) is 0 Å². The van der Waals surface area contributed by atoms with Crippen LogP contribution in [0.25, 0.3) is 0 Å². The van der Waals surface area contributed by atoms with Crippen LogP contribution in [-0.2, 0) is 13.0 Å². The third-order valence-electron chi connectivity index (χ3n) is 3.66. The van der Waals surface area contributed by atoms with Crippen LogP contribution < -0.4 is 5.32 Å². The van der Waals surface area contributed by atoms with Crippen LogP contribution in [0, 0.1) is 6.92 Å². The molecule has 2 heterocycles. The summed E-state index contributed by atoms with van der Waals surface area (Å²) in [5.74, 6) is 0. The molecule has 1 aliphatic heterocycles. The summed E-state index contributed by atoms with van der Waals surface area (Å²) in [5, 5.41) is 4.49. The quantitative estimate of drug-likeness (QED) is 0.881. The van der Waals surface area contributed by atoms with Crippen LogP contribution in [0.4, 0.5) is 0 Å². The smallest absolute Gasteiger partial charge is 0.0947 e. The Hall–Kier alpha value is -0.490. The van der Waals surface area contributed by atoms with E-state index in [1.165, 1.54) is 22.1 Å². The first-order valence-corrected chi connectivity index (χ1v) is 7.40. The molecule has 0 radical (unpaired) electrons. The fraction of sp³-hybridized carbons (Fsp3) is 0.769. The van der Waals surface area contributed by atoms with E-state index >= 15 is 0 Å². The van der Waals surface area contributed by atoms with Gasteiger partial charge in [0.15, 0.2) is 0 Å². The second kappa shape index (κ2) is 6.10. The molecule has 5 heteroatoms. The molecule has 0 amide bonds. The normalized spacial score (nSPS) is 22.6. The van der Waals surface area contributed by atoms with Crippen molar-refractivity contribution in [2.24, 2.45) is 0 Å². The van der Waals surface area contributed by atoms with E-state index < -0.39 is 0 Å². The minimum Gasteiger partial charge on any atom is -0.315 e. The van der Waals surface area contributed by atoms with E-state index in [-0.39, 0.29) is 0 Å². The number of hydrogen-bond acceptors (Lipinski definition) is 5. The van der Waals surface area contributed by atoms with Gasteiger partial charge in [-0.25, -0.2) is 4.98 Å². The van der Waals surface area contributed by atoms with Crippen LogP contribution in [-0.4, -0.2) is 61.6 Å². The van der Waals surface area contributed by atoms with Gasteiger partial charge in [-0.05, 0) is 28.1 Å². The number of aryl methyl sites for hydroxylation is 1. The van der Waals surface area contributed by atoms with Crippen molar-refractivity contribution >= 4 is 11.3 Å². The van der Waals surface area contributed by atoms with Gasteiger partial charge < -0.3 is 15.1 Å². The van der Waals surface area contributed by atoms with Gasteiger partial charge in [-0.15, -0.1) is 11.3 Å². The molecule has 1 atom stereocenters. The molecule has 0 spiro atoms. The van der Waals surface area contributed by atoms with Gasteiger partial charge in [0.2, 0.25) is 0 Å². The Morgan fingerprint density at radius 3 is 2.89 bits per heavy atom. The Kier molecular flexibility index (Phi) is 4.72. The summed E-state index contributed by atoms with van der Waals surface area (Å²) in [6, 6.07) is 0.608. The molecule has 0 bridgehead atoms. The fourth-order valence-electron chi connectivity index (χ4n) is 2.42. The van der Waals surface area contributed by atoms with Crippen molar-refractivity contribution in [3.63, 3.8) is 0 Å². The van der Waals surface area contributed by atoms with Crippen LogP contribution in [0.3, 0.4) is 0 Å². The molecule has 1 N–H and O–H groups in total. The molecule has 0 aromatic carbocycles. The molecule has 1 aliphatic rings. The zero-order chi connectivity index (χ0) is 13.1. The molecule has 0 saturated carbocycles. The number of aromatic nitrogens is 1. The van der Waals surface area contributed by atoms with Crippen molar-refractivity contribution in [1.29, 1.82) is 0 Å². The van der Waals surface area contributed by atoms with Crippen molar-refractivity contribution in [1.82, 2.24) is 20.1 Å². The Labute approximate surface area is 114 Å². The van der Waals surface area contributed by atoms with Gasteiger partial charge in [-0.1, -0.05) is 0 Å². The summed E-state index contributed by atoms with van der Waals surface area (Å²) in [7, 11) is 6.43. The minimum atomic E-state index is 0.608. The van der Waals surface area contributed by atoms with E-state index in [4.69, 9.17) is 4.98 Å². The highest BCUT2D eigenvalue weighted by molar-refractivity contribution is 7.11. The molecular formula is C13H24N4S.